The van der Waals surface area contributed by atoms with Crippen molar-refractivity contribution in [1.29, 1.82) is 0 Å². The van der Waals surface area contributed by atoms with E-state index in [1.54, 1.807) is 0 Å². The fourth-order valence-electron chi connectivity index (χ4n) is 4.44. The maximum Gasteiger partial charge on any atom is 0.191 e. The molecule has 0 amide bonds. The van der Waals surface area contributed by atoms with Gasteiger partial charge in [0.2, 0.25) is 0 Å². The van der Waals surface area contributed by atoms with E-state index in [1.165, 1.54) is 64.0 Å². The van der Waals surface area contributed by atoms with E-state index in [0.29, 0.717) is 6.04 Å². The lowest BCUT2D eigenvalue weighted by atomic mass is 10.1. The van der Waals surface area contributed by atoms with E-state index in [4.69, 9.17) is 0 Å². The Morgan fingerprint density at radius 2 is 1.93 bits per heavy atom. The van der Waals surface area contributed by atoms with Crippen molar-refractivity contribution in [2.75, 3.05) is 52.9 Å². The number of hydrogen-bond donors (Lipinski definition) is 2. The van der Waals surface area contributed by atoms with Gasteiger partial charge in [0, 0.05) is 26.7 Å². The van der Waals surface area contributed by atoms with Crippen molar-refractivity contribution in [1.82, 2.24) is 20.4 Å². The highest BCUT2D eigenvalue weighted by molar-refractivity contribution is 5.79. The van der Waals surface area contributed by atoms with Crippen LogP contribution in [-0.2, 0) is 0 Å². The molecular weight excluding hydrogens is 334 g/mol. The van der Waals surface area contributed by atoms with Crippen molar-refractivity contribution < 1.29 is 0 Å². The van der Waals surface area contributed by atoms with Crippen molar-refractivity contribution in [2.24, 2.45) is 10.9 Å². The Balaban J connectivity index is 1.49. The first kappa shape index (κ1) is 20.2. The Labute approximate surface area is 165 Å². The van der Waals surface area contributed by atoms with Gasteiger partial charge in [0.15, 0.2) is 5.96 Å². The molecule has 150 valence electrons. The summed E-state index contributed by atoms with van der Waals surface area (Å²) >= 11 is 0. The molecule has 3 rings (SSSR count). The van der Waals surface area contributed by atoms with Gasteiger partial charge < -0.3 is 15.5 Å². The lowest BCUT2D eigenvalue weighted by Gasteiger charge is -2.29. The average Bonchev–Trinajstić information content (AvgIpc) is 3.38. The third kappa shape index (κ3) is 5.94. The monoisotopic (exact) mass is 371 g/mol. The number of hydrogen-bond acceptors (Lipinski definition) is 3. The van der Waals surface area contributed by atoms with Crippen LogP contribution < -0.4 is 10.6 Å². The van der Waals surface area contributed by atoms with E-state index in [1.807, 2.05) is 7.05 Å². The Bertz CT molecular complexity index is 567. The summed E-state index contributed by atoms with van der Waals surface area (Å²) < 4.78 is 0. The Kier molecular flexibility index (Phi) is 7.96. The van der Waals surface area contributed by atoms with E-state index >= 15 is 0 Å². The first-order valence-corrected chi connectivity index (χ1v) is 10.8. The molecule has 0 aromatic heterocycles. The van der Waals surface area contributed by atoms with Crippen LogP contribution in [0.3, 0.4) is 0 Å². The maximum absolute atomic E-state index is 4.46. The second kappa shape index (κ2) is 10.7. The Morgan fingerprint density at radius 3 is 2.63 bits per heavy atom. The molecule has 0 spiro atoms. The number of rotatable bonds is 8. The second-order valence-corrected chi connectivity index (χ2v) is 7.96. The van der Waals surface area contributed by atoms with Gasteiger partial charge in [0.1, 0.15) is 0 Å². The molecular formula is C22H37N5. The van der Waals surface area contributed by atoms with Crippen molar-refractivity contribution in [3.8, 4) is 0 Å². The molecule has 5 heteroatoms. The standard InChI is InChI=1S/C22H37N5/c1-3-12-26-15-11-19(18-26)16-24-22(23-2)25-17-21(27-13-7-8-14-27)20-9-5-4-6-10-20/h4-6,9-10,19,21H,3,7-8,11-18H2,1-2H3,(H2,23,24,25). The second-order valence-electron chi connectivity index (χ2n) is 7.96. The zero-order valence-corrected chi connectivity index (χ0v) is 17.2. The number of benzene rings is 1. The lowest BCUT2D eigenvalue weighted by molar-refractivity contribution is 0.245. The van der Waals surface area contributed by atoms with Crippen LogP contribution in [0.5, 0.6) is 0 Å². The maximum atomic E-state index is 4.46. The molecule has 2 aliphatic heterocycles. The van der Waals surface area contributed by atoms with Gasteiger partial charge in [0.05, 0.1) is 6.04 Å². The van der Waals surface area contributed by atoms with Gasteiger partial charge >= 0.3 is 0 Å². The third-order valence-corrected chi connectivity index (χ3v) is 5.92. The molecule has 1 aromatic rings. The van der Waals surface area contributed by atoms with Crippen LogP contribution in [0.15, 0.2) is 35.3 Å². The number of likely N-dealkylation sites (tertiary alicyclic amines) is 2. The average molecular weight is 372 g/mol. The van der Waals surface area contributed by atoms with Gasteiger partial charge in [-0.25, -0.2) is 0 Å². The Hall–Kier alpha value is -1.59. The van der Waals surface area contributed by atoms with Crippen LogP contribution in [0, 0.1) is 5.92 Å². The lowest BCUT2D eigenvalue weighted by Crippen LogP contribution is -2.44. The van der Waals surface area contributed by atoms with Gasteiger partial charge in [-0.05, 0) is 63.3 Å². The van der Waals surface area contributed by atoms with Gasteiger partial charge in [-0.2, -0.15) is 0 Å². The Morgan fingerprint density at radius 1 is 1.15 bits per heavy atom. The molecule has 2 aliphatic rings. The topological polar surface area (TPSA) is 42.9 Å². The van der Waals surface area contributed by atoms with Crippen LogP contribution in [-0.4, -0.2) is 68.6 Å². The molecule has 0 aliphatic carbocycles. The smallest absolute Gasteiger partial charge is 0.191 e. The van der Waals surface area contributed by atoms with Crippen LogP contribution in [0.25, 0.3) is 0 Å². The van der Waals surface area contributed by atoms with Crippen molar-refractivity contribution >= 4 is 5.96 Å². The molecule has 2 unspecified atom stereocenters. The molecule has 0 saturated carbocycles. The predicted molar refractivity (Wildman–Crippen MR) is 114 cm³/mol. The summed E-state index contributed by atoms with van der Waals surface area (Å²) in [5.41, 5.74) is 1.40. The largest absolute Gasteiger partial charge is 0.356 e. The van der Waals surface area contributed by atoms with Gasteiger partial charge in [0.25, 0.3) is 0 Å². The van der Waals surface area contributed by atoms with Crippen LogP contribution in [0.1, 0.15) is 44.2 Å². The van der Waals surface area contributed by atoms with Crippen LogP contribution >= 0.6 is 0 Å². The van der Waals surface area contributed by atoms with Crippen molar-refractivity contribution in [3.63, 3.8) is 0 Å². The number of guanidine groups is 1. The number of nitrogens with zero attached hydrogens (tertiary/aromatic N) is 3. The molecule has 0 radical (unpaired) electrons. The summed E-state index contributed by atoms with van der Waals surface area (Å²) in [6.07, 6.45) is 5.17. The van der Waals surface area contributed by atoms with Gasteiger partial charge in [-0.3, -0.25) is 9.89 Å². The molecule has 5 nitrogen and oxygen atoms in total. The quantitative estimate of drug-likeness (QED) is 0.545. The molecule has 2 fully saturated rings. The fraction of sp³-hybridized carbons (Fsp3) is 0.682. The summed E-state index contributed by atoms with van der Waals surface area (Å²) in [5, 5.41) is 7.15. The first-order chi connectivity index (χ1) is 13.3. The van der Waals surface area contributed by atoms with Crippen LogP contribution in [0.4, 0.5) is 0 Å². The molecule has 2 N–H and O–H groups in total. The van der Waals surface area contributed by atoms with Crippen molar-refractivity contribution in [3.05, 3.63) is 35.9 Å². The minimum atomic E-state index is 0.416. The molecule has 2 saturated heterocycles. The van der Waals surface area contributed by atoms with Gasteiger partial charge in [-0.15, -0.1) is 0 Å². The van der Waals surface area contributed by atoms with E-state index in [2.05, 4.69) is 62.7 Å². The highest BCUT2D eigenvalue weighted by Crippen LogP contribution is 2.24. The molecule has 0 bridgehead atoms. The minimum Gasteiger partial charge on any atom is -0.356 e. The molecule has 2 atom stereocenters. The molecule has 1 aromatic carbocycles. The normalized spacial score (nSPS) is 22.9. The fourth-order valence-corrected chi connectivity index (χ4v) is 4.44. The predicted octanol–water partition coefficient (Wildman–Crippen LogP) is 2.72. The zero-order chi connectivity index (χ0) is 18.9. The third-order valence-electron chi connectivity index (χ3n) is 5.92. The summed E-state index contributed by atoms with van der Waals surface area (Å²) in [5.74, 6) is 1.67. The van der Waals surface area contributed by atoms with E-state index in [-0.39, 0.29) is 0 Å². The van der Waals surface area contributed by atoms with Gasteiger partial charge in [-0.1, -0.05) is 37.3 Å². The highest BCUT2D eigenvalue weighted by atomic mass is 15.2. The first-order valence-electron chi connectivity index (χ1n) is 10.8. The zero-order valence-electron chi connectivity index (χ0n) is 17.2. The SMILES string of the molecule is CCCN1CCC(CNC(=NC)NCC(c2ccccc2)N2CCCC2)C1. The van der Waals surface area contributed by atoms with E-state index in [9.17, 15) is 0 Å². The molecule has 27 heavy (non-hydrogen) atoms. The highest BCUT2D eigenvalue weighted by Gasteiger charge is 2.24. The van der Waals surface area contributed by atoms with Crippen LogP contribution in [0.2, 0.25) is 0 Å². The molecule has 2 heterocycles. The van der Waals surface area contributed by atoms with Crippen molar-refractivity contribution in [2.45, 2.75) is 38.6 Å². The number of aliphatic imine (C=N–C) groups is 1. The van der Waals surface area contributed by atoms with E-state index in [0.717, 1.165) is 25.0 Å². The summed E-state index contributed by atoms with van der Waals surface area (Å²) in [6.45, 7) is 10.3. The number of nitrogens with one attached hydrogen (secondary N) is 2. The summed E-state index contributed by atoms with van der Waals surface area (Å²) in [4.78, 5) is 9.65. The summed E-state index contributed by atoms with van der Waals surface area (Å²) in [6, 6.07) is 11.3. The minimum absolute atomic E-state index is 0.416. The van der Waals surface area contributed by atoms with E-state index < -0.39 is 0 Å². The summed E-state index contributed by atoms with van der Waals surface area (Å²) in [7, 11) is 1.88.